The van der Waals surface area contributed by atoms with Crippen LogP contribution in [0, 0.1) is 11.6 Å². The number of aliphatic hydroxyl groups excluding tert-OH is 1. The molecule has 0 saturated carbocycles. The molecule has 0 radical (unpaired) electrons. The summed E-state index contributed by atoms with van der Waals surface area (Å²) in [5.41, 5.74) is -0.788. The van der Waals surface area contributed by atoms with Crippen LogP contribution in [0.4, 0.5) is 27.9 Å². The summed E-state index contributed by atoms with van der Waals surface area (Å²) in [6.07, 6.45) is -4.36. The van der Waals surface area contributed by atoms with Gasteiger partial charge in [0, 0.05) is 12.7 Å². The summed E-state index contributed by atoms with van der Waals surface area (Å²) >= 11 is 0. The molecule has 1 saturated heterocycles. The minimum absolute atomic E-state index is 0.00896. The van der Waals surface area contributed by atoms with Crippen LogP contribution in [-0.2, 0) is 6.18 Å². The Kier molecular flexibility index (Phi) is 4.12. The van der Waals surface area contributed by atoms with E-state index in [1.54, 1.807) is 0 Å². The molecule has 9 heteroatoms. The van der Waals surface area contributed by atoms with E-state index in [9.17, 15) is 27.1 Å². The Balaban J connectivity index is 1.98. The highest BCUT2D eigenvalue weighted by molar-refractivity contribution is 5.40. The average molecular weight is 345 g/mol. The van der Waals surface area contributed by atoms with Crippen molar-refractivity contribution < 1.29 is 27.1 Å². The number of rotatable bonds is 2. The fourth-order valence-corrected chi connectivity index (χ4v) is 2.72. The van der Waals surface area contributed by atoms with Crippen molar-refractivity contribution in [1.82, 2.24) is 9.97 Å². The molecule has 0 amide bonds. The molecule has 2 heterocycles. The van der Waals surface area contributed by atoms with Crippen LogP contribution in [0.2, 0.25) is 0 Å². The summed E-state index contributed by atoms with van der Waals surface area (Å²) in [5.74, 6) is -2.32. The highest BCUT2D eigenvalue weighted by atomic mass is 19.4. The summed E-state index contributed by atoms with van der Waals surface area (Å²) in [4.78, 5) is 8.66. The fraction of sp³-hybridized carbons (Fsp3) is 0.333. The van der Waals surface area contributed by atoms with Crippen molar-refractivity contribution in [2.24, 2.45) is 0 Å². The predicted octanol–water partition coefficient (Wildman–Crippen LogP) is 3.09. The lowest BCUT2D eigenvalue weighted by molar-refractivity contribution is -0.141. The highest BCUT2D eigenvalue weighted by Gasteiger charge is 2.37. The number of benzene rings is 1. The molecule has 1 aromatic heterocycles. The van der Waals surface area contributed by atoms with Crippen LogP contribution in [0.5, 0.6) is 0 Å². The van der Waals surface area contributed by atoms with Gasteiger partial charge in [-0.2, -0.15) is 13.2 Å². The number of hydrogen-bond donors (Lipinski definition) is 1. The Morgan fingerprint density at radius 3 is 2.54 bits per heavy atom. The first-order valence-corrected chi connectivity index (χ1v) is 7.05. The molecule has 3 rings (SSSR count). The van der Waals surface area contributed by atoms with E-state index in [-0.39, 0.29) is 18.9 Å². The first-order valence-electron chi connectivity index (χ1n) is 7.05. The van der Waals surface area contributed by atoms with Gasteiger partial charge in [0.15, 0.2) is 11.6 Å². The van der Waals surface area contributed by atoms with Crippen molar-refractivity contribution in [3.8, 4) is 0 Å². The van der Waals surface area contributed by atoms with Crippen molar-refractivity contribution in [3.05, 3.63) is 53.4 Å². The Bertz CT molecular complexity index is 752. The van der Waals surface area contributed by atoms with E-state index in [4.69, 9.17) is 0 Å². The van der Waals surface area contributed by atoms with Crippen LogP contribution in [0.1, 0.15) is 23.7 Å². The van der Waals surface area contributed by atoms with Crippen LogP contribution < -0.4 is 4.90 Å². The van der Waals surface area contributed by atoms with Crippen molar-refractivity contribution in [2.75, 3.05) is 11.4 Å². The Morgan fingerprint density at radius 2 is 1.88 bits per heavy atom. The number of aliphatic hydroxyl groups is 1. The van der Waals surface area contributed by atoms with Gasteiger partial charge >= 0.3 is 6.18 Å². The molecule has 24 heavy (non-hydrogen) atoms. The van der Waals surface area contributed by atoms with E-state index < -0.39 is 35.7 Å². The minimum Gasteiger partial charge on any atom is -0.391 e. The van der Waals surface area contributed by atoms with Crippen molar-refractivity contribution in [1.29, 1.82) is 0 Å². The van der Waals surface area contributed by atoms with Crippen LogP contribution >= 0.6 is 0 Å². The van der Waals surface area contributed by atoms with Gasteiger partial charge in [0.2, 0.25) is 5.95 Å². The minimum atomic E-state index is -4.63. The molecule has 1 N–H and O–H groups in total. The number of β-amino-alcohol motifs (C(OH)–C–C–N with tert-alkyl or cyclic N) is 1. The summed E-state index contributed by atoms with van der Waals surface area (Å²) in [7, 11) is 0. The molecule has 2 aromatic rings. The zero-order chi connectivity index (χ0) is 17.5. The molecule has 1 aromatic carbocycles. The lowest BCUT2D eigenvalue weighted by Crippen LogP contribution is -2.27. The van der Waals surface area contributed by atoms with Crippen LogP contribution in [-0.4, -0.2) is 27.7 Å². The normalized spacial score (nSPS) is 21.3. The number of alkyl halides is 3. The molecule has 2 atom stereocenters. The lowest BCUT2D eigenvalue weighted by Gasteiger charge is -2.25. The SMILES string of the molecule is O[C@H]1C[C@H](c2ccc(F)c(F)c2)N(c2nccc(C(F)(F)F)n2)C1. The van der Waals surface area contributed by atoms with Crippen LogP contribution in [0.15, 0.2) is 30.5 Å². The van der Waals surface area contributed by atoms with Gasteiger partial charge in [-0.3, -0.25) is 0 Å². The monoisotopic (exact) mass is 345 g/mol. The molecular formula is C15H12F5N3O. The van der Waals surface area contributed by atoms with E-state index in [2.05, 4.69) is 9.97 Å². The van der Waals surface area contributed by atoms with Crippen molar-refractivity contribution in [2.45, 2.75) is 24.7 Å². The maximum Gasteiger partial charge on any atom is 0.433 e. The number of hydrogen-bond acceptors (Lipinski definition) is 4. The van der Waals surface area contributed by atoms with E-state index in [1.807, 2.05) is 0 Å². The van der Waals surface area contributed by atoms with Gasteiger partial charge in [-0.25, -0.2) is 18.7 Å². The van der Waals surface area contributed by atoms with Gasteiger partial charge in [0.05, 0.1) is 12.1 Å². The summed E-state index contributed by atoms with van der Waals surface area (Å²) in [5, 5.41) is 9.86. The molecule has 4 nitrogen and oxygen atoms in total. The summed E-state index contributed by atoms with van der Waals surface area (Å²) in [6.45, 7) is -0.00896. The Morgan fingerprint density at radius 1 is 1.12 bits per heavy atom. The quantitative estimate of drug-likeness (QED) is 0.850. The number of nitrogens with zero attached hydrogens (tertiary/aromatic N) is 3. The van der Waals surface area contributed by atoms with Gasteiger partial charge in [-0.15, -0.1) is 0 Å². The zero-order valence-electron chi connectivity index (χ0n) is 12.1. The lowest BCUT2D eigenvalue weighted by atomic mass is 10.0. The van der Waals surface area contributed by atoms with E-state index in [1.165, 1.54) is 11.0 Å². The predicted molar refractivity (Wildman–Crippen MR) is 74.1 cm³/mol. The number of anilines is 1. The Labute approximate surface area is 133 Å². The van der Waals surface area contributed by atoms with Gasteiger partial charge in [0.25, 0.3) is 0 Å². The molecule has 128 valence electrons. The molecule has 0 bridgehead atoms. The molecular weight excluding hydrogens is 333 g/mol. The molecule has 1 aliphatic rings. The van der Waals surface area contributed by atoms with Gasteiger partial charge < -0.3 is 10.0 Å². The fourth-order valence-electron chi connectivity index (χ4n) is 2.72. The second-order valence-corrected chi connectivity index (χ2v) is 5.47. The van der Waals surface area contributed by atoms with E-state index >= 15 is 0 Å². The van der Waals surface area contributed by atoms with Gasteiger partial charge in [-0.05, 0) is 30.2 Å². The standard InChI is InChI=1S/C15H12F5N3O/c16-10-2-1-8(5-11(10)17)12-6-9(24)7-23(12)14-21-4-3-13(22-14)15(18,19)20/h1-5,9,12,24H,6-7H2/t9-,12+/m0/s1. The largest absolute Gasteiger partial charge is 0.433 e. The van der Waals surface area contributed by atoms with Crippen LogP contribution in [0.25, 0.3) is 0 Å². The first-order chi connectivity index (χ1) is 11.3. The maximum absolute atomic E-state index is 13.4. The average Bonchev–Trinajstić information content (AvgIpc) is 2.91. The van der Waals surface area contributed by atoms with E-state index in [0.29, 0.717) is 5.56 Å². The third-order valence-corrected chi connectivity index (χ3v) is 3.80. The van der Waals surface area contributed by atoms with Crippen molar-refractivity contribution in [3.63, 3.8) is 0 Å². The second kappa shape index (κ2) is 5.97. The molecule has 0 spiro atoms. The third kappa shape index (κ3) is 3.16. The summed E-state index contributed by atoms with van der Waals surface area (Å²) < 4.78 is 64.9. The number of halogens is 5. The van der Waals surface area contributed by atoms with Gasteiger partial charge in [-0.1, -0.05) is 6.07 Å². The maximum atomic E-state index is 13.4. The van der Waals surface area contributed by atoms with E-state index in [0.717, 1.165) is 24.4 Å². The molecule has 0 unspecified atom stereocenters. The van der Waals surface area contributed by atoms with Gasteiger partial charge in [0.1, 0.15) is 5.69 Å². The van der Waals surface area contributed by atoms with Crippen LogP contribution in [0.3, 0.4) is 0 Å². The third-order valence-electron chi connectivity index (χ3n) is 3.80. The Hall–Kier alpha value is -2.29. The molecule has 1 aliphatic heterocycles. The highest BCUT2D eigenvalue weighted by Crippen LogP contribution is 2.36. The molecule has 0 aliphatic carbocycles. The number of aromatic nitrogens is 2. The first kappa shape index (κ1) is 16.6. The smallest absolute Gasteiger partial charge is 0.391 e. The second-order valence-electron chi connectivity index (χ2n) is 5.47. The molecule has 1 fully saturated rings. The topological polar surface area (TPSA) is 49.2 Å². The summed E-state index contributed by atoms with van der Waals surface area (Å²) in [6, 6.07) is 3.29. The van der Waals surface area contributed by atoms with Crippen molar-refractivity contribution >= 4 is 5.95 Å². The zero-order valence-corrected chi connectivity index (χ0v) is 12.1.